The van der Waals surface area contributed by atoms with Crippen molar-refractivity contribution in [2.24, 2.45) is 0 Å². The molecule has 0 aliphatic heterocycles. The van der Waals surface area contributed by atoms with Gasteiger partial charge in [-0.2, -0.15) is 0 Å². The Balaban J connectivity index is 2.00. The second-order valence-corrected chi connectivity index (χ2v) is 5.50. The minimum atomic E-state index is 0.470. The van der Waals surface area contributed by atoms with Crippen LogP contribution in [0.25, 0.3) is 0 Å². The number of hydrogen-bond acceptors (Lipinski definition) is 5. The van der Waals surface area contributed by atoms with Gasteiger partial charge >= 0.3 is 0 Å². The summed E-state index contributed by atoms with van der Waals surface area (Å²) in [5.74, 6) is 1.49. The second kappa shape index (κ2) is 7.26. The van der Waals surface area contributed by atoms with Gasteiger partial charge in [-0.05, 0) is 25.6 Å². The summed E-state index contributed by atoms with van der Waals surface area (Å²) in [5.41, 5.74) is 1.08. The van der Waals surface area contributed by atoms with Crippen molar-refractivity contribution < 1.29 is 9.47 Å². The summed E-state index contributed by atoms with van der Waals surface area (Å²) in [4.78, 5) is 5.82. The van der Waals surface area contributed by atoms with E-state index in [1.807, 2.05) is 31.2 Å². The Kier molecular flexibility index (Phi) is 5.38. The molecule has 0 bridgehead atoms. The molecule has 1 N–H and O–H groups in total. The molecule has 0 unspecified atom stereocenters. The number of methoxy groups -OCH3 is 1. The van der Waals surface area contributed by atoms with Crippen molar-refractivity contribution >= 4 is 11.3 Å². The van der Waals surface area contributed by atoms with Crippen LogP contribution >= 0.6 is 11.3 Å². The molecule has 4 nitrogen and oxygen atoms in total. The molecule has 0 saturated heterocycles. The molecular formula is C15H20N2O2S. The van der Waals surface area contributed by atoms with E-state index in [0.717, 1.165) is 35.3 Å². The molecule has 1 aromatic carbocycles. The van der Waals surface area contributed by atoms with E-state index in [0.29, 0.717) is 6.61 Å². The van der Waals surface area contributed by atoms with Gasteiger partial charge in [0.15, 0.2) is 11.5 Å². The number of aryl methyl sites for hydroxylation is 1. The van der Waals surface area contributed by atoms with Crippen LogP contribution in [0.15, 0.2) is 24.3 Å². The van der Waals surface area contributed by atoms with Gasteiger partial charge in [0.1, 0.15) is 11.6 Å². The van der Waals surface area contributed by atoms with Crippen molar-refractivity contribution in [2.45, 2.75) is 27.0 Å². The van der Waals surface area contributed by atoms with Crippen LogP contribution in [0.4, 0.5) is 0 Å². The average Bonchev–Trinajstić information content (AvgIpc) is 2.83. The Labute approximate surface area is 123 Å². The molecule has 2 aromatic rings. The minimum absolute atomic E-state index is 0.470. The third kappa shape index (κ3) is 3.71. The van der Waals surface area contributed by atoms with Crippen LogP contribution in [0.5, 0.6) is 11.5 Å². The molecule has 20 heavy (non-hydrogen) atoms. The van der Waals surface area contributed by atoms with E-state index in [1.54, 1.807) is 18.4 Å². The normalized spacial score (nSPS) is 10.6. The third-order valence-corrected chi connectivity index (χ3v) is 4.02. The van der Waals surface area contributed by atoms with Crippen molar-refractivity contribution in [3.05, 3.63) is 39.8 Å². The quantitative estimate of drug-likeness (QED) is 0.851. The van der Waals surface area contributed by atoms with Crippen LogP contribution in [0.2, 0.25) is 0 Å². The van der Waals surface area contributed by atoms with Gasteiger partial charge in [0.25, 0.3) is 0 Å². The summed E-state index contributed by atoms with van der Waals surface area (Å²) in [7, 11) is 1.64. The largest absolute Gasteiger partial charge is 0.493 e. The maximum atomic E-state index is 5.79. The number of nitrogens with zero attached hydrogens (tertiary/aromatic N) is 1. The van der Waals surface area contributed by atoms with E-state index in [1.165, 1.54) is 4.88 Å². The molecule has 0 saturated carbocycles. The average molecular weight is 292 g/mol. The molecule has 0 radical (unpaired) electrons. The van der Waals surface area contributed by atoms with Gasteiger partial charge in [-0.15, -0.1) is 11.3 Å². The smallest absolute Gasteiger partial charge is 0.161 e. The fraction of sp³-hybridized carbons (Fsp3) is 0.400. The molecule has 0 spiro atoms. The highest BCUT2D eigenvalue weighted by Crippen LogP contribution is 2.27. The molecule has 0 amide bonds. The van der Waals surface area contributed by atoms with Gasteiger partial charge in [-0.1, -0.05) is 19.1 Å². The number of nitrogens with one attached hydrogen (secondary N) is 1. The van der Waals surface area contributed by atoms with Crippen LogP contribution in [0.1, 0.15) is 22.5 Å². The van der Waals surface area contributed by atoms with Gasteiger partial charge in [0, 0.05) is 11.4 Å². The summed E-state index contributed by atoms with van der Waals surface area (Å²) in [6.45, 7) is 6.44. The number of para-hydroxylation sites is 2. The molecular weight excluding hydrogens is 272 g/mol. The second-order valence-electron chi connectivity index (χ2n) is 4.34. The van der Waals surface area contributed by atoms with Crippen molar-refractivity contribution in [1.82, 2.24) is 10.3 Å². The van der Waals surface area contributed by atoms with E-state index < -0.39 is 0 Å². The SMILES string of the molecule is CCNCc1sc(COc2ccccc2OC)nc1C. The number of aromatic nitrogens is 1. The lowest BCUT2D eigenvalue weighted by atomic mass is 10.3. The molecule has 0 atom stereocenters. The maximum absolute atomic E-state index is 5.79. The highest BCUT2D eigenvalue weighted by atomic mass is 32.1. The third-order valence-electron chi connectivity index (χ3n) is 2.89. The fourth-order valence-corrected chi connectivity index (χ4v) is 2.78. The van der Waals surface area contributed by atoms with Crippen LogP contribution in [0, 0.1) is 6.92 Å². The summed E-state index contributed by atoms with van der Waals surface area (Å²) in [6.07, 6.45) is 0. The number of hydrogen-bond donors (Lipinski definition) is 1. The van der Waals surface area contributed by atoms with Gasteiger partial charge in [0.05, 0.1) is 12.8 Å². The Morgan fingerprint density at radius 2 is 2.00 bits per heavy atom. The Bertz CT molecular complexity index is 555. The first-order valence-corrected chi connectivity index (χ1v) is 7.48. The van der Waals surface area contributed by atoms with E-state index in [-0.39, 0.29) is 0 Å². The molecule has 0 aliphatic rings. The number of rotatable bonds is 7. The Morgan fingerprint density at radius 3 is 2.70 bits per heavy atom. The first kappa shape index (κ1) is 14.8. The van der Waals surface area contributed by atoms with Gasteiger partial charge in [-0.25, -0.2) is 4.98 Å². The van der Waals surface area contributed by atoms with Gasteiger partial charge in [0.2, 0.25) is 0 Å². The van der Waals surface area contributed by atoms with Crippen LogP contribution in [0.3, 0.4) is 0 Å². The lowest BCUT2D eigenvalue weighted by molar-refractivity contribution is 0.284. The first-order valence-electron chi connectivity index (χ1n) is 6.66. The number of ether oxygens (including phenoxy) is 2. The highest BCUT2D eigenvalue weighted by Gasteiger charge is 2.09. The summed E-state index contributed by atoms with van der Waals surface area (Å²) in [6, 6.07) is 7.65. The molecule has 0 fully saturated rings. The molecule has 2 rings (SSSR count). The molecule has 1 heterocycles. The summed E-state index contributed by atoms with van der Waals surface area (Å²) >= 11 is 1.69. The predicted octanol–water partition coefficient (Wildman–Crippen LogP) is 3.15. The lowest BCUT2D eigenvalue weighted by Gasteiger charge is -2.08. The standard InChI is InChI=1S/C15H20N2O2S/c1-4-16-9-14-11(2)17-15(20-14)10-19-13-8-6-5-7-12(13)18-3/h5-8,16H,4,9-10H2,1-3H3. The first-order chi connectivity index (χ1) is 9.74. The number of benzene rings is 1. The van der Waals surface area contributed by atoms with E-state index in [9.17, 15) is 0 Å². The Morgan fingerprint density at radius 1 is 1.25 bits per heavy atom. The maximum Gasteiger partial charge on any atom is 0.161 e. The van der Waals surface area contributed by atoms with E-state index >= 15 is 0 Å². The van der Waals surface area contributed by atoms with E-state index in [4.69, 9.17) is 9.47 Å². The topological polar surface area (TPSA) is 43.4 Å². The molecule has 5 heteroatoms. The zero-order chi connectivity index (χ0) is 14.4. The van der Waals surface area contributed by atoms with Crippen molar-refractivity contribution in [2.75, 3.05) is 13.7 Å². The zero-order valence-electron chi connectivity index (χ0n) is 12.1. The van der Waals surface area contributed by atoms with Crippen LogP contribution in [-0.2, 0) is 13.2 Å². The summed E-state index contributed by atoms with van der Waals surface area (Å²) in [5, 5.41) is 4.31. The molecule has 108 valence electrons. The van der Waals surface area contributed by atoms with Gasteiger partial charge < -0.3 is 14.8 Å². The highest BCUT2D eigenvalue weighted by molar-refractivity contribution is 7.11. The monoisotopic (exact) mass is 292 g/mol. The predicted molar refractivity (Wildman–Crippen MR) is 81.6 cm³/mol. The van der Waals surface area contributed by atoms with Crippen LogP contribution in [-0.4, -0.2) is 18.6 Å². The van der Waals surface area contributed by atoms with E-state index in [2.05, 4.69) is 17.2 Å². The lowest BCUT2D eigenvalue weighted by Crippen LogP contribution is -2.11. The zero-order valence-corrected chi connectivity index (χ0v) is 12.9. The van der Waals surface area contributed by atoms with Gasteiger partial charge in [-0.3, -0.25) is 0 Å². The fourth-order valence-electron chi connectivity index (χ4n) is 1.83. The number of thiazole rings is 1. The Hall–Kier alpha value is -1.59. The molecule has 0 aliphatic carbocycles. The molecule has 1 aromatic heterocycles. The summed E-state index contributed by atoms with van der Waals surface area (Å²) < 4.78 is 11.1. The minimum Gasteiger partial charge on any atom is -0.493 e. The van der Waals surface area contributed by atoms with Crippen molar-refractivity contribution in [1.29, 1.82) is 0 Å². The van der Waals surface area contributed by atoms with Crippen molar-refractivity contribution in [3.8, 4) is 11.5 Å². The van der Waals surface area contributed by atoms with Crippen molar-refractivity contribution in [3.63, 3.8) is 0 Å². The van der Waals surface area contributed by atoms with Crippen LogP contribution < -0.4 is 14.8 Å².